The van der Waals surface area contributed by atoms with Crippen LogP contribution in [0.2, 0.25) is 0 Å². The predicted molar refractivity (Wildman–Crippen MR) is 96.3 cm³/mol. The molecule has 2 fully saturated rings. The topological polar surface area (TPSA) is 71.3 Å². The first-order valence-electron chi connectivity index (χ1n) is 9.15. The smallest absolute Gasteiger partial charge is 0.227 e. The molecule has 0 aromatic carbocycles. The summed E-state index contributed by atoms with van der Waals surface area (Å²) in [6, 6.07) is 4.50. The summed E-state index contributed by atoms with van der Waals surface area (Å²) in [5, 5.41) is 9.62. The van der Waals surface area contributed by atoms with Crippen molar-refractivity contribution in [2.75, 3.05) is 19.6 Å². The number of hydrogen-bond acceptors (Lipinski definition) is 6. The van der Waals surface area contributed by atoms with Gasteiger partial charge in [-0.3, -0.25) is 4.79 Å². The molecule has 1 aliphatic heterocycles. The molecule has 0 radical (unpaired) electrons. The number of amides is 1. The summed E-state index contributed by atoms with van der Waals surface area (Å²) < 4.78 is 5.27. The molecule has 3 heterocycles. The zero-order valence-electron chi connectivity index (χ0n) is 14.3. The fraction of sp³-hybridized carbons (Fsp3) is 0.611. The first-order chi connectivity index (χ1) is 12.3. The van der Waals surface area contributed by atoms with Crippen LogP contribution in [0.1, 0.15) is 38.0 Å². The normalized spacial score (nSPS) is 18.6. The maximum atomic E-state index is 12.4. The molecule has 4 rings (SSSR count). The lowest BCUT2D eigenvalue weighted by Crippen LogP contribution is -2.45. The SMILES string of the molecule is O=C(CCc1nc(-c2cccs2)no1)N1CCC(NCC2CC2)CC1. The molecule has 6 nitrogen and oxygen atoms in total. The summed E-state index contributed by atoms with van der Waals surface area (Å²) in [5.41, 5.74) is 0. The average molecular weight is 360 g/mol. The lowest BCUT2D eigenvalue weighted by Gasteiger charge is -2.32. The minimum absolute atomic E-state index is 0.191. The van der Waals surface area contributed by atoms with Crippen molar-refractivity contribution in [3.8, 4) is 10.7 Å². The van der Waals surface area contributed by atoms with Gasteiger partial charge in [-0.25, -0.2) is 0 Å². The van der Waals surface area contributed by atoms with E-state index in [-0.39, 0.29) is 5.91 Å². The van der Waals surface area contributed by atoms with Crippen molar-refractivity contribution in [1.29, 1.82) is 0 Å². The fourth-order valence-corrected chi connectivity index (χ4v) is 3.87. The van der Waals surface area contributed by atoms with E-state index in [1.165, 1.54) is 12.8 Å². The molecule has 1 N–H and O–H groups in total. The third-order valence-electron chi connectivity index (χ3n) is 5.00. The molecule has 25 heavy (non-hydrogen) atoms. The predicted octanol–water partition coefficient (Wildman–Crippen LogP) is 2.72. The number of hydrogen-bond donors (Lipinski definition) is 1. The van der Waals surface area contributed by atoms with Crippen LogP contribution in [-0.2, 0) is 11.2 Å². The van der Waals surface area contributed by atoms with E-state index in [0.717, 1.165) is 43.3 Å². The molecule has 1 saturated carbocycles. The van der Waals surface area contributed by atoms with Crippen LogP contribution in [0.25, 0.3) is 10.7 Å². The van der Waals surface area contributed by atoms with E-state index in [1.807, 2.05) is 22.4 Å². The Balaban J connectivity index is 1.20. The molecule has 1 amide bonds. The highest BCUT2D eigenvalue weighted by molar-refractivity contribution is 7.13. The summed E-state index contributed by atoms with van der Waals surface area (Å²) >= 11 is 1.58. The van der Waals surface area contributed by atoms with Crippen molar-refractivity contribution in [3.05, 3.63) is 23.4 Å². The lowest BCUT2D eigenvalue weighted by molar-refractivity contribution is -0.132. The van der Waals surface area contributed by atoms with E-state index < -0.39 is 0 Å². The van der Waals surface area contributed by atoms with E-state index in [1.54, 1.807) is 11.3 Å². The van der Waals surface area contributed by atoms with Crippen LogP contribution in [-0.4, -0.2) is 46.6 Å². The fourth-order valence-electron chi connectivity index (χ4n) is 3.22. The number of aryl methyl sites for hydroxylation is 1. The minimum Gasteiger partial charge on any atom is -0.343 e. The summed E-state index contributed by atoms with van der Waals surface area (Å²) in [6.45, 7) is 2.86. The molecule has 0 bridgehead atoms. The highest BCUT2D eigenvalue weighted by atomic mass is 32.1. The second-order valence-electron chi connectivity index (χ2n) is 7.00. The second kappa shape index (κ2) is 7.66. The molecule has 2 aromatic heterocycles. The van der Waals surface area contributed by atoms with Crippen LogP contribution < -0.4 is 5.32 Å². The number of nitrogens with one attached hydrogen (secondary N) is 1. The number of rotatable bonds is 7. The van der Waals surface area contributed by atoms with Gasteiger partial charge in [-0.15, -0.1) is 11.3 Å². The summed E-state index contributed by atoms with van der Waals surface area (Å²) in [5.74, 6) is 2.25. The van der Waals surface area contributed by atoms with Crippen LogP contribution in [0, 0.1) is 5.92 Å². The van der Waals surface area contributed by atoms with Crippen molar-refractivity contribution in [3.63, 3.8) is 0 Å². The molecule has 0 unspecified atom stereocenters. The van der Waals surface area contributed by atoms with Gasteiger partial charge in [0, 0.05) is 32.0 Å². The van der Waals surface area contributed by atoms with Gasteiger partial charge in [-0.1, -0.05) is 11.2 Å². The van der Waals surface area contributed by atoms with Crippen molar-refractivity contribution in [2.24, 2.45) is 5.92 Å². The average Bonchev–Trinajstić information content (AvgIpc) is 3.11. The number of carbonyl (C=O) groups excluding carboxylic acids is 1. The quantitative estimate of drug-likeness (QED) is 0.822. The van der Waals surface area contributed by atoms with Gasteiger partial charge in [0.05, 0.1) is 4.88 Å². The third-order valence-corrected chi connectivity index (χ3v) is 5.87. The van der Waals surface area contributed by atoms with Gasteiger partial charge in [0.25, 0.3) is 0 Å². The van der Waals surface area contributed by atoms with Gasteiger partial charge < -0.3 is 14.7 Å². The number of thiophene rings is 1. The Hall–Kier alpha value is -1.73. The molecule has 0 spiro atoms. The van der Waals surface area contributed by atoms with Gasteiger partial charge in [-0.2, -0.15) is 4.98 Å². The highest BCUT2D eigenvalue weighted by Gasteiger charge is 2.26. The number of likely N-dealkylation sites (tertiary alicyclic amines) is 1. The standard InChI is InChI=1S/C18H24N4O2S/c23-17(22-9-7-14(8-10-22)19-12-13-3-4-13)6-5-16-20-18(21-24-16)15-2-1-11-25-15/h1-2,11,13-14,19H,3-10,12H2. The third kappa shape index (κ3) is 4.46. The van der Waals surface area contributed by atoms with Crippen molar-refractivity contribution < 1.29 is 9.32 Å². The molecule has 2 aliphatic rings. The maximum Gasteiger partial charge on any atom is 0.227 e. The second-order valence-corrected chi connectivity index (χ2v) is 7.94. The molecular weight excluding hydrogens is 336 g/mol. The monoisotopic (exact) mass is 360 g/mol. The summed E-state index contributed by atoms with van der Waals surface area (Å²) in [6.07, 6.45) is 5.83. The van der Waals surface area contributed by atoms with Crippen molar-refractivity contribution >= 4 is 17.2 Å². The van der Waals surface area contributed by atoms with Crippen LogP contribution in [0.4, 0.5) is 0 Å². The number of aromatic nitrogens is 2. The van der Waals surface area contributed by atoms with Crippen LogP contribution in [0.5, 0.6) is 0 Å². The van der Waals surface area contributed by atoms with E-state index in [4.69, 9.17) is 4.52 Å². The molecule has 2 aromatic rings. The Morgan fingerprint density at radius 2 is 2.16 bits per heavy atom. The van der Waals surface area contributed by atoms with E-state index in [9.17, 15) is 4.79 Å². The van der Waals surface area contributed by atoms with E-state index in [0.29, 0.717) is 30.6 Å². The first-order valence-corrected chi connectivity index (χ1v) is 10.0. The minimum atomic E-state index is 0.191. The number of piperidine rings is 1. The zero-order chi connectivity index (χ0) is 17.1. The van der Waals surface area contributed by atoms with Crippen molar-refractivity contribution in [2.45, 2.75) is 44.6 Å². The Bertz CT molecular complexity index is 688. The first kappa shape index (κ1) is 16.7. The van der Waals surface area contributed by atoms with Gasteiger partial charge in [0.15, 0.2) is 0 Å². The van der Waals surface area contributed by atoms with Crippen LogP contribution >= 0.6 is 11.3 Å². The van der Waals surface area contributed by atoms with Crippen LogP contribution in [0.3, 0.4) is 0 Å². The molecule has 1 saturated heterocycles. The van der Waals surface area contributed by atoms with Gasteiger partial charge in [0.2, 0.25) is 17.6 Å². The van der Waals surface area contributed by atoms with E-state index in [2.05, 4.69) is 15.5 Å². The Labute approximate surface area is 151 Å². The van der Waals surface area contributed by atoms with Crippen LogP contribution in [0.15, 0.2) is 22.0 Å². The Morgan fingerprint density at radius 3 is 2.88 bits per heavy atom. The number of carbonyl (C=O) groups is 1. The van der Waals surface area contributed by atoms with Gasteiger partial charge >= 0.3 is 0 Å². The Kier molecular flexibility index (Phi) is 5.12. The van der Waals surface area contributed by atoms with Gasteiger partial charge in [-0.05, 0) is 49.6 Å². The summed E-state index contributed by atoms with van der Waals surface area (Å²) in [7, 11) is 0. The van der Waals surface area contributed by atoms with E-state index >= 15 is 0 Å². The molecular formula is C18H24N4O2S. The number of nitrogens with zero attached hydrogens (tertiary/aromatic N) is 3. The summed E-state index contributed by atoms with van der Waals surface area (Å²) in [4.78, 5) is 19.8. The molecule has 7 heteroatoms. The highest BCUT2D eigenvalue weighted by Crippen LogP contribution is 2.28. The van der Waals surface area contributed by atoms with Gasteiger partial charge in [0.1, 0.15) is 0 Å². The molecule has 134 valence electrons. The van der Waals surface area contributed by atoms with Crippen molar-refractivity contribution in [1.82, 2.24) is 20.4 Å². The largest absolute Gasteiger partial charge is 0.343 e. The zero-order valence-corrected chi connectivity index (χ0v) is 15.1. The molecule has 0 atom stereocenters. The molecule has 1 aliphatic carbocycles. The Morgan fingerprint density at radius 1 is 1.32 bits per heavy atom. The maximum absolute atomic E-state index is 12.4. The lowest BCUT2D eigenvalue weighted by atomic mass is 10.0.